The molecule has 10 heavy (non-hydrogen) atoms. The molecule has 0 N–H and O–H groups in total. The summed E-state index contributed by atoms with van der Waals surface area (Å²) in [6.07, 6.45) is 7.38. The van der Waals surface area contributed by atoms with Gasteiger partial charge in [0.1, 0.15) is 6.79 Å². The van der Waals surface area contributed by atoms with Crippen LogP contribution in [0.5, 0.6) is 0 Å². The Bertz CT molecular complexity index is 232. The molecule has 2 bridgehead atoms. The predicted octanol–water partition coefficient (Wildman–Crippen LogP) is 0.807. The van der Waals surface area contributed by atoms with E-state index in [-0.39, 0.29) is 5.78 Å². The second-order valence-corrected chi connectivity index (χ2v) is 1.91. The number of fused-ring (bicyclic) bond motifs is 2. The average Bonchev–Trinajstić information content (AvgIpc) is 2.53. The Labute approximate surface area is 58.5 Å². The van der Waals surface area contributed by atoms with Crippen LogP contribution in [-0.4, -0.2) is 12.6 Å². The molecule has 0 amide bonds. The maximum Gasteiger partial charge on any atom is 0.193 e. The third-order valence-electron chi connectivity index (χ3n) is 1.41. The van der Waals surface area contributed by atoms with Gasteiger partial charge in [-0.3, -0.25) is 4.79 Å². The number of allylic oxidation sites excluding steroid dienone is 6. The van der Waals surface area contributed by atoms with Crippen LogP contribution in [0.15, 0.2) is 35.5 Å². The van der Waals surface area contributed by atoms with Crippen molar-refractivity contribution in [1.29, 1.82) is 0 Å². The summed E-state index contributed by atoms with van der Waals surface area (Å²) < 4.78 is 0. The summed E-state index contributed by atoms with van der Waals surface area (Å²) in [5.74, 6) is 0.185. The summed E-state index contributed by atoms with van der Waals surface area (Å²) >= 11 is 0. The third-order valence-corrected chi connectivity index (χ3v) is 1.41. The third kappa shape index (κ3) is 0.739. The first-order chi connectivity index (χ1) is 4.88. The number of rotatable bonds is 0. The largest absolute Gasteiger partial charge is 0.307 e. The van der Waals surface area contributed by atoms with Crippen LogP contribution in [0.1, 0.15) is 0 Å². The van der Waals surface area contributed by atoms with Crippen LogP contribution < -0.4 is 0 Å². The minimum Gasteiger partial charge on any atom is -0.307 e. The fraction of sp³-hybridized carbons (Fsp3) is 0. The van der Waals surface area contributed by atoms with Gasteiger partial charge in [0.15, 0.2) is 5.78 Å². The molecular formula is C8H6O2. The molecule has 50 valence electrons. The van der Waals surface area contributed by atoms with Gasteiger partial charge in [-0.2, -0.15) is 0 Å². The molecule has 0 saturated heterocycles. The van der Waals surface area contributed by atoms with Crippen molar-refractivity contribution in [3.63, 3.8) is 0 Å². The predicted molar refractivity (Wildman–Crippen MR) is 37.4 cm³/mol. The number of Topliss-reactive ketones (excluding diaryl/α,β-unsaturated/α-hetero) is 1. The second-order valence-electron chi connectivity index (χ2n) is 1.91. The highest BCUT2D eigenvalue weighted by molar-refractivity contribution is 6.17. The van der Waals surface area contributed by atoms with Crippen LogP contribution in [0, 0.1) is 0 Å². The first-order valence-corrected chi connectivity index (χ1v) is 2.81. The zero-order valence-electron chi connectivity index (χ0n) is 5.33. The van der Waals surface area contributed by atoms with E-state index in [9.17, 15) is 4.79 Å². The molecule has 0 saturated carbocycles. The quantitative estimate of drug-likeness (QED) is 0.491. The molecule has 2 heteroatoms. The van der Waals surface area contributed by atoms with Gasteiger partial charge < -0.3 is 4.79 Å². The molecule has 0 spiro atoms. The lowest BCUT2D eigenvalue weighted by molar-refractivity contribution is -0.111. The van der Waals surface area contributed by atoms with Crippen molar-refractivity contribution in [2.45, 2.75) is 0 Å². The van der Waals surface area contributed by atoms with E-state index in [1.54, 1.807) is 0 Å². The summed E-state index contributed by atoms with van der Waals surface area (Å²) in [6, 6.07) is 0. The van der Waals surface area contributed by atoms with E-state index in [1.165, 1.54) is 0 Å². The molecule has 0 aliphatic heterocycles. The molecule has 0 aromatic carbocycles. The van der Waals surface area contributed by atoms with Gasteiger partial charge in [0.25, 0.3) is 0 Å². The number of carbonyl (C=O) groups is 2. The smallest absolute Gasteiger partial charge is 0.193 e. The Morgan fingerprint density at radius 1 is 1.00 bits per heavy atom. The van der Waals surface area contributed by atoms with Crippen LogP contribution >= 0.6 is 0 Å². The summed E-state index contributed by atoms with van der Waals surface area (Å²) in [5.41, 5.74) is 1.67. The van der Waals surface area contributed by atoms with Gasteiger partial charge in [-0.15, -0.1) is 0 Å². The number of hydrogen-bond acceptors (Lipinski definition) is 2. The van der Waals surface area contributed by atoms with E-state index in [4.69, 9.17) is 4.79 Å². The van der Waals surface area contributed by atoms with Crippen LogP contribution in [-0.2, 0) is 9.59 Å². The summed E-state index contributed by atoms with van der Waals surface area (Å²) in [4.78, 5) is 18.8. The summed E-state index contributed by atoms with van der Waals surface area (Å²) in [7, 11) is 0. The van der Waals surface area contributed by atoms with Gasteiger partial charge in [-0.1, -0.05) is 24.3 Å². The molecule has 2 aliphatic carbocycles. The van der Waals surface area contributed by atoms with Gasteiger partial charge in [0.05, 0.1) is 0 Å². The van der Waals surface area contributed by atoms with Gasteiger partial charge in [0, 0.05) is 11.1 Å². The fourth-order valence-corrected chi connectivity index (χ4v) is 0.940. The van der Waals surface area contributed by atoms with Crippen LogP contribution in [0.4, 0.5) is 0 Å². The van der Waals surface area contributed by atoms with E-state index >= 15 is 0 Å². The van der Waals surface area contributed by atoms with Crippen molar-refractivity contribution >= 4 is 12.6 Å². The van der Waals surface area contributed by atoms with Crippen LogP contribution in [0.2, 0.25) is 0 Å². The van der Waals surface area contributed by atoms with Crippen molar-refractivity contribution in [2.24, 2.45) is 0 Å². The number of carbonyl (C=O) groups excluding carboxylic acids is 2. The SMILES string of the molecule is C=O.O=C1C2=CC=C1C=C2. The van der Waals surface area contributed by atoms with Crippen molar-refractivity contribution in [2.75, 3.05) is 0 Å². The highest BCUT2D eigenvalue weighted by atomic mass is 16.1. The molecule has 2 nitrogen and oxygen atoms in total. The molecule has 0 fully saturated rings. The highest BCUT2D eigenvalue weighted by Gasteiger charge is 2.19. The first-order valence-electron chi connectivity index (χ1n) is 2.81. The highest BCUT2D eigenvalue weighted by Crippen LogP contribution is 2.23. The minimum atomic E-state index is 0.185. The Balaban J connectivity index is 0.000000231. The first kappa shape index (κ1) is 6.68. The lowest BCUT2D eigenvalue weighted by Gasteiger charge is -1.78. The standard InChI is InChI=1S/C7H4O.CH2O/c8-7-5-1-2-6(7)4-3-5;1-2/h1-4H;1H2. The van der Waals surface area contributed by atoms with Crippen molar-refractivity contribution in [1.82, 2.24) is 0 Å². The van der Waals surface area contributed by atoms with Gasteiger partial charge in [-0.25, -0.2) is 0 Å². The maximum atomic E-state index is 10.8. The molecule has 0 radical (unpaired) electrons. The molecule has 0 heterocycles. The maximum absolute atomic E-state index is 10.8. The Kier molecular flexibility index (Phi) is 1.63. The lowest BCUT2D eigenvalue weighted by Crippen LogP contribution is -1.89. The summed E-state index contributed by atoms with van der Waals surface area (Å²) in [5, 5.41) is 0. The topological polar surface area (TPSA) is 34.1 Å². The van der Waals surface area contributed by atoms with Gasteiger partial charge in [0.2, 0.25) is 0 Å². The van der Waals surface area contributed by atoms with Gasteiger partial charge in [-0.05, 0) is 0 Å². The molecule has 0 aromatic rings. The Hall–Kier alpha value is -1.44. The van der Waals surface area contributed by atoms with E-state index < -0.39 is 0 Å². The normalized spacial score (nSPS) is 17.8. The molecule has 2 rings (SSSR count). The molecule has 0 aromatic heterocycles. The van der Waals surface area contributed by atoms with Crippen molar-refractivity contribution in [3.05, 3.63) is 35.5 Å². The minimum absolute atomic E-state index is 0.185. The van der Waals surface area contributed by atoms with E-state index in [0.717, 1.165) is 11.1 Å². The van der Waals surface area contributed by atoms with Gasteiger partial charge >= 0.3 is 0 Å². The second kappa shape index (κ2) is 2.43. The zero-order chi connectivity index (χ0) is 7.56. The van der Waals surface area contributed by atoms with E-state index in [1.807, 2.05) is 31.1 Å². The Morgan fingerprint density at radius 2 is 1.40 bits per heavy atom. The van der Waals surface area contributed by atoms with Crippen molar-refractivity contribution < 1.29 is 9.59 Å². The van der Waals surface area contributed by atoms with Crippen molar-refractivity contribution in [3.8, 4) is 0 Å². The average molecular weight is 134 g/mol. The van der Waals surface area contributed by atoms with Crippen LogP contribution in [0.25, 0.3) is 0 Å². The molecular weight excluding hydrogens is 128 g/mol. The zero-order valence-corrected chi connectivity index (χ0v) is 5.33. The van der Waals surface area contributed by atoms with E-state index in [0.29, 0.717) is 0 Å². The van der Waals surface area contributed by atoms with E-state index in [2.05, 4.69) is 0 Å². The fourth-order valence-electron chi connectivity index (χ4n) is 0.940. The molecule has 0 unspecified atom stereocenters. The monoisotopic (exact) mass is 134 g/mol. The number of ketones is 1. The molecule has 2 aliphatic rings. The number of hydrogen-bond donors (Lipinski definition) is 0. The summed E-state index contributed by atoms with van der Waals surface area (Å²) in [6.45, 7) is 2.00. The Morgan fingerprint density at radius 3 is 1.50 bits per heavy atom. The lowest BCUT2D eigenvalue weighted by atomic mass is 10.2. The molecule has 0 atom stereocenters. The van der Waals surface area contributed by atoms with Crippen LogP contribution in [0.3, 0.4) is 0 Å².